The maximum absolute atomic E-state index is 5.21. The molecular weight excluding hydrogens is 306 g/mol. The lowest BCUT2D eigenvalue weighted by atomic mass is 9.99. The molecule has 0 bridgehead atoms. The third-order valence-corrected chi connectivity index (χ3v) is 6.49. The van der Waals surface area contributed by atoms with E-state index >= 15 is 0 Å². The van der Waals surface area contributed by atoms with Gasteiger partial charge in [0.2, 0.25) is 0 Å². The first kappa shape index (κ1) is 15.6. The topological polar surface area (TPSA) is 19.4 Å². The van der Waals surface area contributed by atoms with Gasteiger partial charge in [0, 0.05) is 25.0 Å². The fraction of sp³-hybridized carbons (Fsp3) is 0.591. The maximum Gasteiger partial charge on any atom is 0.132 e. The van der Waals surface area contributed by atoms with Crippen molar-refractivity contribution in [1.82, 2.24) is 9.88 Å². The molecule has 3 heteroatoms. The minimum atomic E-state index is 1.10. The Morgan fingerprint density at radius 1 is 0.880 bits per heavy atom. The third kappa shape index (κ3) is 2.73. The van der Waals surface area contributed by atoms with E-state index in [1.54, 1.807) is 11.1 Å². The molecule has 1 aliphatic carbocycles. The summed E-state index contributed by atoms with van der Waals surface area (Å²) >= 11 is 0. The molecule has 0 saturated carbocycles. The van der Waals surface area contributed by atoms with E-state index in [4.69, 9.17) is 4.98 Å². The highest BCUT2D eigenvalue weighted by molar-refractivity contribution is 5.88. The van der Waals surface area contributed by atoms with E-state index in [2.05, 4.69) is 28.9 Å². The fourth-order valence-corrected chi connectivity index (χ4v) is 5.09. The molecule has 0 unspecified atom stereocenters. The molecule has 5 rings (SSSR count). The summed E-state index contributed by atoms with van der Waals surface area (Å²) in [6, 6.07) is 4.84. The highest BCUT2D eigenvalue weighted by Gasteiger charge is 2.25. The van der Waals surface area contributed by atoms with Crippen LogP contribution in [0, 0.1) is 6.92 Å². The smallest absolute Gasteiger partial charge is 0.132 e. The van der Waals surface area contributed by atoms with Gasteiger partial charge in [-0.3, -0.25) is 4.90 Å². The number of anilines is 1. The number of nitrogens with zero attached hydrogens (tertiary/aromatic N) is 3. The molecule has 0 radical (unpaired) electrons. The van der Waals surface area contributed by atoms with E-state index in [0.29, 0.717) is 0 Å². The summed E-state index contributed by atoms with van der Waals surface area (Å²) in [6.07, 6.45) is 9.12. The number of pyridine rings is 1. The molecule has 0 spiro atoms. The van der Waals surface area contributed by atoms with Crippen molar-refractivity contribution in [3.63, 3.8) is 0 Å². The standard InChI is InChI=1S/C22H29N3/c1-16-13-20-18-7-6-8-19(18)22(25-11-4-5-12-25)23-21(20)14-17(16)15-24-9-2-3-10-24/h13-14H,2-12,15H2,1H3. The van der Waals surface area contributed by atoms with Crippen molar-refractivity contribution < 1.29 is 0 Å². The Labute approximate surface area is 151 Å². The molecule has 3 heterocycles. The van der Waals surface area contributed by atoms with Crippen LogP contribution in [0.3, 0.4) is 0 Å². The van der Waals surface area contributed by atoms with Crippen molar-refractivity contribution in [3.8, 4) is 0 Å². The van der Waals surface area contributed by atoms with Crippen molar-refractivity contribution >= 4 is 16.7 Å². The number of likely N-dealkylation sites (tertiary alicyclic amines) is 1. The predicted molar refractivity (Wildman–Crippen MR) is 104 cm³/mol. The second kappa shape index (κ2) is 6.28. The molecule has 2 saturated heterocycles. The van der Waals surface area contributed by atoms with Crippen LogP contribution in [-0.4, -0.2) is 36.1 Å². The molecule has 132 valence electrons. The first-order valence-corrected chi connectivity index (χ1v) is 10.2. The zero-order valence-corrected chi connectivity index (χ0v) is 15.5. The van der Waals surface area contributed by atoms with Crippen LogP contribution >= 0.6 is 0 Å². The first-order valence-electron chi connectivity index (χ1n) is 10.2. The molecule has 0 amide bonds. The Hall–Kier alpha value is -1.61. The second-order valence-corrected chi connectivity index (χ2v) is 8.22. The van der Waals surface area contributed by atoms with Crippen LogP contribution in [-0.2, 0) is 19.4 Å². The monoisotopic (exact) mass is 335 g/mol. The lowest BCUT2D eigenvalue weighted by Gasteiger charge is -2.22. The van der Waals surface area contributed by atoms with Gasteiger partial charge < -0.3 is 4.90 Å². The highest BCUT2D eigenvalue weighted by atomic mass is 15.2. The molecule has 1 aromatic heterocycles. The van der Waals surface area contributed by atoms with Gasteiger partial charge in [-0.1, -0.05) is 0 Å². The first-order chi connectivity index (χ1) is 12.3. The van der Waals surface area contributed by atoms with Crippen molar-refractivity contribution in [2.24, 2.45) is 0 Å². The van der Waals surface area contributed by atoms with Gasteiger partial charge in [-0.05, 0) is 99.3 Å². The van der Waals surface area contributed by atoms with Gasteiger partial charge in [0.15, 0.2) is 0 Å². The average molecular weight is 335 g/mol. The Kier molecular flexibility index (Phi) is 3.93. The van der Waals surface area contributed by atoms with Crippen LogP contribution in [0.1, 0.15) is 54.4 Å². The van der Waals surface area contributed by atoms with E-state index < -0.39 is 0 Å². The molecule has 2 aliphatic heterocycles. The number of hydrogen-bond donors (Lipinski definition) is 0. The number of hydrogen-bond acceptors (Lipinski definition) is 3. The van der Waals surface area contributed by atoms with Crippen LogP contribution in [0.25, 0.3) is 10.9 Å². The van der Waals surface area contributed by atoms with E-state index in [9.17, 15) is 0 Å². The molecule has 2 fully saturated rings. The molecule has 0 atom stereocenters. The number of benzene rings is 1. The largest absolute Gasteiger partial charge is 0.356 e. The third-order valence-electron chi connectivity index (χ3n) is 6.49. The summed E-state index contributed by atoms with van der Waals surface area (Å²) in [5.41, 5.74) is 7.32. The molecule has 2 aromatic rings. The van der Waals surface area contributed by atoms with Gasteiger partial charge in [0.05, 0.1) is 5.52 Å². The zero-order chi connectivity index (χ0) is 16.8. The molecule has 25 heavy (non-hydrogen) atoms. The Bertz CT molecular complexity index is 799. The number of fused-ring (bicyclic) bond motifs is 3. The lowest BCUT2D eigenvalue weighted by Crippen LogP contribution is -2.21. The molecule has 0 N–H and O–H groups in total. The quantitative estimate of drug-likeness (QED) is 0.837. The Balaban J connectivity index is 1.61. The summed E-state index contributed by atoms with van der Waals surface area (Å²) in [7, 11) is 0. The summed E-state index contributed by atoms with van der Waals surface area (Å²) in [5, 5.41) is 1.43. The molecule has 3 nitrogen and oxygen atoms in total. The van der Waals surface area contributed by atoms with E-state index in [-0.39, 0.29) is 0 Å². The van der Waals surface area contributed by atoms with Crippen LogP contribution in [0.4, 0.5) is 5.82 Å². The predicted octanol–water partition coefficient (Wildman–Crippen LogP) is 4.23. The van der Waals surface area contributed by atoms with Gasteiger partial charge in [-0.25, -0.2) is 4.98 Å². The van der Waals surface area contributed by atoms with E-state index in [1.165, 1.54) is 99.0 Å². The molecule has 3 aliphatic rings. The second-order valence-electron chi connectivity index (χ2n) is 8.22. The minimum absolute atomic E-state index is 1.10. The Morgan fingerprint density at radius 2 is 1.60 bits per heavy atom. The van der Waals surface area contributed by atoms with Crippen molar-refractivity contribution in [3.05, 3.63) is 34.4 Å². The summed E-state index contributed by atoms with van der Waals surface area (Å²) < 4.78 is 0. The van der Waals surface area contributed by atoms with Gasteiger partial charge in [-0.15, -0.1) is 0 Å². The van der Waals surface area contributed by atoms with Gasteiger partial charge >= 0.3 is 0 Å². The van der Waals surface area contributed by atoms with Crippen LogP contribution in [0.5, 0.6) is 0 Å². The fourth-order valence-electron chi connectivity index (χ4n) is 5.09. The van der Waals surface area contributed by atoms with Crippen molar-refractivity contribution in [2.75, 3.05) is 31.1 Å². The Morgan fingerprint density at radius 3 is 2.40 bits per heavy atom. The van der Waals surface area contributed by atoms with Gasteiger partial charge in [0.25, 0.3) is 0 Å². The summed E-state index contributed by atoms with van der Waals surface area (Å²) in [6.45, 7) is 8.29. The van der Waals surface area contributed by atoms with Crippen molar-refractivity contribution in [2.45, 2.75) is 58.4 Å². The summed E-state index contributed by atoms with van der Waals surface area (Å²) in [5.74, 6) is 1.31. The van der Waals surface area contributed by atoms with Crippen molar-refractivity contribution in [1.29, 1.82) is 0 Å². The normalized spacial score (nSPS) is 20.8. The molecule has 1 aromatic carbocycles. The lowest BCUT2D eigenvalue weighted by molar-refractivity contribution is 0.331. The van der Waals surface area contributed by atoms with E-state index in [0.717, 1.165) is 6.54 Å². The van der Waals surface area contributed by atoms with Crippen LogP contribution < -0.4 is 4.90 Å². The highest BCUT2D eigenvalue weighted by Crippen LogP contribution is 2.37. The zero-order valence-electron chi connectivity index (χ0n) is 15.5. The number of rotatable bonds is 3. The number of aromatic nitrogens is 1. The SMILES string of the molecule is Cc1cc2c3c(c(N4CCCC4)nc2cc1CN1CCCC1)CCC3. The van der Waals surface area contributed by atoms with E-state index in [1.807, 2.05) is 0 Å². The molecular formula is C22H29N3. The van der Waals surface area contributed by atoms with Gasteiger partial charge in [0.1, 0.15) is 5.82 Å². The van der Waals surface area contributed by atoms with Crippen LogP contribution in [0.2, 0.25) is 0 Å². The summed E-state index contributed by atoms with van der Waals surface area (Å²) in [4.78, 5) is 10.4. The maximum atomic E-state index is 5.21. The van der Waals surface area contributed by atoms with Gasteiger partial charge in [-0.2, -0.15) is 0 Å². The minimum Gasteiger partial charge on any atom is -0.356 e. The van der Waals surface area contributed by atoms with Crippen LogP contribution in [0.15, 0.2) is 12.1 Å². The average Bonchev–Trinajstić information content (AvgIpc) is 3.37. The number of aryl methyl sites for hydroxylation is 2.